The minimum Gasteiger partial charge on any atom is -0.301 e. The Balaban J connectivity index is 1.38. The molecule has 3 aromatic heterocycles. The first-order valence-electron chi connectivity index (χ1n) is 8.51. The van der Waals surface area contributed by atoms with Crippen LogP contribution < -0.4 is 0 Å². The van der Waals surface area contributed by atoms with Crippen molar-refractivity contribution < 1.29 is 0 Å². The van der Waals surface area contributed by atoms with Crippen LogP contribution in [0.1, 0.15) is 16.8 Å². The summed E-state index contributed by atoms with van der Waals surface area (Å²) in [6.07, 6.45) is 7.54. The summed E-state index contributed by atoms with van der Waals surface area (Å²) < 4.78 is 2.03. The van der Waals surface area contributed by atoms with E-state index in [0.29, 0.717) is 5.56 Å². The van der Waals surface area contributed by atoms with Gasteiger partial charge < -0.3 is 4.40 Å². The van der Waals surface area contributed by atoms with E-state index in [1.54, 1.807) is 0 Å². The minimum absolute atomic E-state index is 0.660. The van der Waals surface area contributed by atoms with Crippen LogP contribution in [-0.4, -0.2) is 50.3 Å². The quantitative estimate of drug-likeness (QED) is 0.730. The molecule has 6 heteroatoms. The van der Waals surface area contributed by atoms with E-state index in [-0.39, 0.29) is 0 Å². The van der Waals surface area contributed by atoms with Gasteiger partial charge in [0.2, 0.25) is 0 Å². The zero-order valence-electron chi connectivity index (χ0n) is 14.0. The molecule has 25 heavy (non-hydrogen) atoms. The third kappa shape index (κ3) is 3.53. The number of hydrogen-bond donors (Lipinski definition) is 0. The van der Waals surface area contributed by atoms with E-state index in [4.69, 9.17) is 5.26 Å². The predicted octanol–water partition coefficient (Wildman–Crippen LogP) is 1.92. The maximum Gasteiger partial charge on any atom is 0.137 e. The SMILES string of the molecule is N#Cc1ccc2ncc(CN3CCN(Cc4cccnc4)CC3)n2c1. The van der Waals surface area contributed by atoms with E-state index in [0.717, 1.165) is 50.6 Å². The van der Waals surface area contributed by atoms with Gasteiger partial charge in [-0.2, -0.15) is 5.26 Å². The topological polar surface area (TPSA) is 60.5 Å². The molecule has 1 saturated heterocycles. The molecule has 0 N–H and O–H groups in total. The minimum atomic E-state index is 0.660. The molecular weight excluding hydrogens is 312 g/mol. The average Bonchev–Trinajstić information content (AvgIpc) is 3.06. The highest BCUT2D eigenvalue weighted by Gasteiger charge is 2.18. The number of pyridine rings is 2. The lowest BCUT2D eigenvalue weighted by Crippen LogP contribution is -2.45. The Bertz CT molecular complexity index is 887. The first-order valence-corrected chi connectivity index (χ1v) is 8.51. The largest absolute Gasteiger partial charge is 0.301 e. The second-order valence-corrected chi connectivity index (χ2v) is 6.42. The predicted molar refractivity (Wildman–Crippen MR) is 94.7 cm³/mol. The van der Waals surface area contributed by atoms with Crippen LogP contribution in [0.5, 0.6) is 0 Å². The molecule has 126 valence electrons. The maximum atomic E-state index is 9.09. The second kappa shape index (κ2) is 7.01. The van der Waals surface area contributed by atoms with Gasteiger partial charge in [-0.25, -0.2) is 4.98 Å². The van der Waals surface area contributed by atoms with Crippen LogP contribution in [0, 0.1) is 11.3 Å². The Morgan fingerprint density at radius 2 is 1.80 bits per heavy atom. The molecular formula is C19H20N6. The van der Waals surface area contributed by atoms with Crippen molar-refractivity contribution in [1.82, 2.24) is 24.2 Å². The van der Waals surface area contributed by atoms with Crippen molar-refractivity contribution in [3.05, 3.63) is 65.9 Å². The number of nitrogens with zero attached hydrogens (tertiary/aromatic N) is 6. The molecule has 3 aromatic rings. The summed E-state index contributed by atoms with van der Waals surface area (Å²) in [6.45, 7) is 5.99. The van der Waals surface area contributed by atoms with Crippen LogP contribution in [-0.2, 0) is 13.1 Å². The molecule has 0 aliphatic carbocycles. The second-order valence-electron chi connectivity index (χ2n) is 6.42. The fraction of sp³-hybridized carbons (Fsp3) is 0.316. The van der Waals surface area contributed by atoms with Crippen LogP contribution in [0.15, 0.2) is 49.1 Å². The highest BCUT2D eigenvalue weighted by Crippen LogP contribution is 2.14. The lowest BCUT2D eigenvalue weighted by Gasteiger charge is -2.34. The third-order valence-corrected chi connectivity index (χ3v) is 4.69. The van der Waals surface area contributed by atoms with Gasteiger partial charge in [-0.15, -0.1) is 0 Å². The molecule has 1 aliphatic heterocycles. The van der Waals surface area contributed by atoms with Crippen molar-refractivity contribution in [2.45, 2.75) is 13.1 Å². The number of aromatic nitrogens is 3. The molecule has 0 saturated carbocycles. The zero-order valence-corrected chi connectivity index (χ0v) is 14.0. The van der Waals surface area contributed by atoms with E-state index in [1.807, 2.05) is 47.4 Å². The molecule has 0 bridgehead atoms. The van der Waals surface area contributed by atoms with Crippen molar-refractivity contribution in [3.63, 3.8) is 0 Å². The molecule has 0 aromatic carbocycles. The standard InChI is InChI=1S/C19H20N6/c20-10-16-3-4-19-22-12-18(25(19)14-16)15-24-8-6-23(7-9-24)13-17-2-1-5-21-11-17/h1-5,11-12,14H,6-9,13,15H2. The number of imidazole rings is 1. The van der Waals surface area contributed by atoms with Crippen LogP contribution in [0.2, 0.25) is 0 Å². The highest BCUT2D eigenvalue weighted by atomic mass is 15.3. The van der Waals surface area contributed by atoms with Gasteiger partial charge in [0.05, 0.1) is 17.5 Å². The van der Waals surface area contributed by atoms with Crippen molar-refractivity contribution in [1.29, 1.82) is 5.26 Å². The summed E-state index contributed by atoms with van der Waals surface area (Å²) >= 11 is 0. The molecule has 0 unspecified atom stereocenters. The number of nitriles is 1. The highest BCUT2D eigenvalue weighted by molar-refractivity contribution is 5.44. The summed E-state index contributed by atoms with van der Waals surface area (Å²) in [4.78, 5) is 13.5. The number of piperazine rings is 1. The van der Waals surface area contributed by atoms with E-state index in [9.17, 15) is 0 Å². The Morgan fingerprint density at radius 3 is 2.52 bits per heavy atom. The fourth-order valence-electron chi connectivity index (χ4n) is 3.30. The van der Waals surface area contributed by atoms with Gasteiger partial charge >= 0.3 is 0 Å². The Hall–Kier alpha value is -2.75. The molecule has 6 nitrogen and oxygen atoms in total. The lowest BCUT2D eigenvalue weighted by atomic mass is 10.2. The number of hydrogen-bond acceptors (Lipinski definition) is 5. The first-order chi connectivity index (χ1) is 12.3. The molecule has 0 radical (unpaired) electrons. The monoisotopic (exact) mass is 332 g/mol. The van der Waals surface area contributed by atoms with E-state index < -0.39 is 0 Å². The average molecular weight is 332 g/mol. The van der Waals surface area contributed by atoms with Crippen molar-refractivity contribution >= 4 is 5.65 Å². The summed E-state index contributed by atoms with van der Waals surface area (Å²) in [7, 11) is 0. The van der Waals surface area contributed by atoms with E-state index >= 15 is 0 Å². The Kier molecular flexibility index (Phi) is 4.42. The van der Waals surface area contributed by atoms with Gasteiger partial charge in [-0.1, -0.05) is 6.07 Å². The summed E-state index contributed by atoms with van der Waals surface area (Å²) in [5.41, 5.74) is 3.95. The summed E-state index contributed by atoms with van der Waals surface area (Å²) in [5.74, 6) is 0. The molecule has 0 spiro atoms. The Morgan fingerprint density at radius 1 is 1.00 bits per heavy atom. The van der Waals surface area contributed by atoms with E-state index in [1.165, 1.54) is 5.56 Å². The van der Waals surface area contributed by atoms with Gasteiger partial charge in [0.1, 0.15) is 11.7 Å². The smallest absolute Gasteiger partial charge is 0.137 e. The van der Waals surface area contributed by atoms with Crippen LogP contribution in [0.25, 0.3) is 5.65 Å². The van der Waals surface area contributed by atoms with Crippen molar-refractivity contribution in [2.24, 2.45) is 0 Å². The van der Waals surface area contributed by atoms with Gasteiger partial charge in [0.15, 0.2) is 0 Å². The molecule has 4 heterocycles. The normalized spacial score (nSPS) is 16.1. The van der Waals surface area contributed by atoms with Crippen LogP contribution >= 0.6 is 0 Å². The van der Waals surface area contributed by atoms with Crippen LogP contribution in [0.4, 0.5) is 0 Å². The summed E-state index contributed by atoms with van der Waals surface area (Å²) in [6, 6.07) is 10.0. The van der Waals surface area contributed by atoms with E-state index in [2.05, 4.69) is 31.9 Å². The maximum absolute atomic E-state index is 9.09. The van der Waals surface area contributed by atoms with Crippen molar-refractivity contribution in [2.75, 3.05) is 26.2 Å². The molecule has 0 amide bonds. The summed E-state index contributed by atoms with van der Waals surface area (Å²) in [5, 5.41) is 9.09. The van der Waals surface area contributed by atoms with Gasteiger partial charge in [0.25, 0.3) is 0 Å². The third-order valence-electron chi connectivity index (χ3n) is 4.69. The number of rotatable bonds is 4. The lowest BCUT2D eigenvalue weighted by molar-refractivity contribution is 0.120. The fourth-order valence-corrected chi connectivity index (χ4v) is 3.30. The number of fused-ring (bicyclic) bond motifs is 1. The van der Waals surface area contributed by atoms with Gasteiger partial charge in [-0.05, 0) is 23.8 Å². The molecule has 4 rings (SSSR count). The molecule has 0 atom stereocenters. The van der Waals surface area contributed by atoms with Gasteiger partial charge in [0, 0.05) is 57.9 Å². The Labute approximate surface area is 147 Å². The molecule has 1 aliphatic rings. The zero-order chi connectivity index (χ0) is 17.1. The van der Waals surface area contributed by atoms with Crippen molar-refractivity contribution in [3.8, 4) is 6.07 Å². The van der Waals surface area contributed by atoms with Gasteiger partial charge in [-0.3, -0.25) is 14.8 Å². The molecule has 1 fully saturated rings. The first kappa shape index (κ1) is 15.8. The van der Waals surface area contributed by atoms with Crippen LogP contribution in [0.3, 0.4) is 0 Å².